The molecular formula is C23H32O3Si. The summed E-state index contributed by atoms with van der Waals surface area (Å²) < 4.78 is 12.7. The highest BCUT2D eigenvalue weighted by molar-refractivity contribution is 6.99. The smallest absolute Gasteiger partial charge is 0.261 e. The molecule has 0 aromatic heterocycles. The molecule has 0 aliphatic carbocycles. The molecule has 4 heteroatoms. The van der Waals surface area contributed by atoms with E-state index in [0.717, 1.165) is 25.9 Å². The first-order chi connectivity index (χ1) is 12.9. The molecule has 3 rings (SSSR count). The molecule has 146 valence electrons. The van der Waals surface area contributed by atoms with Gasteiger partial charge in [0.2, 0.25) is 0 Å². The molecule has 0 saturated carbocycles. The van der Waals surface area contributed by atoms with E-state index in [1.54, 1.807) is 0 Å². The lowest BCUT2D eigenvalue weighted by Crippen LogP contribution is -2.66. The number of rotatable bonds is 6. The van der Waals surface area contributed by atoms with Crippen molar-refractivity contribution in [2.24, 2.45) is 0 Å². The molecule has 0 unspecified atom stereocenters. The van der Waals surface area contributed by atoms with Gasteiger partial charge < -0.3 is 14.3 Å². The SMILES string of the molecule is CC(C)(C)[Si](OCC[C@@H]1OCCC[C@@H]1O)(c1ccccc1)c1ccccc1. The van der Waals surface area contributed by atoms with Crippen LogP contribution in [0.15, 0.2) is 60.7 Å². The topological polar surface area (TPSA) is 38.7 Å². The standard InChI is InChI=1S/C23H32O3Si/c1-23(2,3)27(19-11-6-4-7-12-19,20-13-8-5-9-14-20)26-18-16-22-21(24)15-10-17-25-22/h4-9,11-14,21-22,24H,10,15-18H2,1-3H3/t21-,22-/m0/s1. The van der Waals surface area contributed by atoms with Crippen LogP contribution in [0.25, 0.3) is 0 Å². The molecule has 1 aliphatic rings. The maximum atomic E-state index is 10.2. The average Bonchev–Trinajstić information content (AvgIpc) is 2.67. The van der Waals surface area contributed by atoms with Crippen molar-refractivity contribution in [2.75, 3.05) is 13.2 Å². The second-order valence-electron chi connectivity index (χ2n) is 8.42. The van der Waals surface area contributed by atoms with Gasteiger partial charge in [0.15, 0.2) is 0 Å². The van der Waals surface area contributed by atoms with Gasteiger partial charge in [-0.2, -0.15) is 0 Å². The van der Waals surface area contributed by atoms with Gasteiger partial charge in [-0.1, -0.05) is 81.4 Å². The van der Waals surface area contributed by atoms with Crippen LogP contribution in [0.1, 0.15) is 40.0 Å². The van der Waals surface area contributed by atoms with E-state index < -0.39 is 8.32 Å². The third kappa shape index (κ3) is 4.35. The fourth-order valence-corrected chi connectivity index (χ4v) is 8.77. The van der Waals surface area contributed by atoms with Crippen LogP contribution >= 0.6 is 0 Å². The maximum absolute atomic E-state index is 10.2. The van der Waals surface area contributed by atoms with Gasteiger partial charge in [-0.05, 0) is 34.7 Å². The summed E-state index contributed by atoms with van der Waals surface area (Å²) in [6.07, 6.45) is 2.00. The van der Waals surface area contributed by atoms with Gasteiger partial charge in [0, 0.05) is 13.2 Å². The molecule has 27 heavy (non-hydrogen) atoms. The van der Waals surface area contributed by atoms with Crippen molar-refractivity contribution in [3.63, 3.8) is 0 Å². The van der Waals surface area contributed by atoms with E-state index in [9.17, 15) is 5.11 Å². The second-order valence-corrected chi connectivity index (χ2v) is 12.7. The summed E-state index contributed by atoms with van der Waals surface area (Å²) in [5, 5.41) is 12.8. The van der Waals surface area contributed by atoms with E-state index in [1.807, 2.05) is 0 Å². The van der Waals surface area contributed by atoms with Crippen LogP contribution in [-0.2, 0) is 9.16 Å². The molecule has 1 N–H and O–H groups in total. The minimum absolute atomic E-state index is 0.0260. The van der Waals surface area contributed by atoms with E-state index in [1.165, 1.54) is 10.4 Å². The molecule has 1 saturated heterocycles. The van der Waals surface area contributed by atoms with Crippen LogP contribution in [0.5, 0.6) is 0 Å². The molecule has 0 amide bonds. The van der Waals surface area contributed by atoms with Crippen molar-refractivity contribution in [2.45, 2.75) is 57.3 Å². The highest BCUT2D eigenvalue weighted by Gasteiger charge is 2.50. The summed E-state index contributed by atoms with van der Waals surface area (Å²) in [5.74, 6) is 0. The predicted octanol–water partition coefficient (Wildman–Crippen LogP) is 3.49. The van der Waals surface area contributed by atoms with E-state index in [0.29, 0.717) is 6.61 Å². The molecule has 3 nitrogen and oxygen atoms in total. The Bertz CT molecular complexity index is 657. The highest BCUT2D eigenvalue weighted by Crippen LogP contribution is 2.37. The largest absolute Gasteiger partial charge is 0.407 e. The number of benzene rings is 2. The summed E-state index contributed by atoms with van der Waals surface area (Å²) in [6, 6.07) is 21.3. The van der Waals surface area contributed by atoms with Gasteiger partial charge >= 0.3 is 0 Å². The van der Waals surface area contributed by atoms with Crippen LogP contribution in [0.4, 0.5) is 0 Å². The van der Waals surface area contributed by atoms with Crippen LogP contribution in [0.2, 0.25) is 5.04 Å². The van der Waals surface area contributed by atoms with E-state index in [-0.39, 0.29) is 17.2 Å². The second kappa shape index (κ2) is 8.70. The van der Waals surface area contributed by atoms with Crippen molar-refractivity contribution in [1.29, 1.82) is 0 Å². The van der Waals surface area contributed by atoms with Gasteiger partial charge in [-0.15, -0.1) is 0 Å². The Morgan fingerprint density at radius 3 is 2.04 bits per heavy atom. The minimum atomic E-state index is -2.49. The predicted molar refractivity (Wildman–Crippen MR) is 113 cm³/mol. The summed E-state index contributed by atoms with van der Waals surface area (Å²) in [7, 11) is -2.49. The molecule has 2 aromatic rings. The molecule has 0 bridgehead atoms. The highest BCUT2D eigenvalue weighted by atomic mass is 28.4. The quantitative estimate of drug-likeness (QED) is 0.775. The Morgan fingerprint density at radius 2 is 1.56 bits per heavy atom. The fourth-order valence-electron chi connectivity index (χ4n) is 4.19. The molecule has 1 aliphatic heterocycles. The Hall–Kier alpha value is -1.46. The van der Waals surface area contributed by atoms with Crippen molar-refractivity contribution < 1.29 is 14.3 Å². The Kier molecular flexibility index (Phi) is 6.53. The van der Waals surface area contributed by atoms with Crippen molar-refractivity contribution in [3.8, 4) is 0 Å². The van der Waals surface area contributed by atoms with Gasteiger partial charge in [0.05, 0.1) is 12.2 Å². The molecule has 2 aromatic carbocycles. The van der Waals surface area contributed by atoms with Crippen molar-refractivity contribution in [1.82, 2.24) is 0 Å². The van der Waals surface area contributed by atoms with Gasteiger partial charge in [-0.3, -0.25) is 0 Å². The monoisotopic (exact) mass is 384 g/mol. The van der Waals surface area contributed by atoms with Crippen LogP contribution in [0.3, 0.4) is 0 Å². The van der Waals surface area contributed by atoms with Crippen LogP contribution < -0.4 is 10.4 Å². The number of hydrogen-bond acceptors (Lipinski definition) is 3. The normalized spacial score (nSPS) is 21.2. The van der Waals surface area contributed by atoms with Crippen molar-refractivity contribution in [3.05, 3.63) is 60.7 Å². The number of aliphatic hydroxyl groups is 1. The molecule has 0 radical (unpaired) electrons. The average molecular weight is 385 g/mol. The van der Waals surface area contributed by atoms with E-state index in [2.05, 4.69) is 81.4 Å². The zero-order chi connectivity index (χ0) is 19.3. The third-order valence-corrected chi connectivity index (χ3v) is 10.6. The van der Waals surface area contributed by atoms with E-state index in [4.69, 9.17) is 9.16 Å². The molecular weight excluding hydrogens is 352 g/mol. The fraction of sp³-hybridized carbons (Fsp3) is 0.478. The Morgan fingerprint density at radius 1 is 1.00 bits per heavy atom. The lowest BCUT2D eigenvalue weighted by molar-refractivity contribution is -0.0809. The Balaban J connectivity index is 1.92. The minimum Gasteiger partial charge on any atom is -0.407 e. The first-order valence-electron chi connectivity index (χ1n) is 10.00. The molecule has 0 spiro atoms. The molecule has 1 fully saturated rings. The molecule has 2 atom stereocenters. The van der Waals surface area contributed by atoms with Gasteiger partial charge in [-0.25, -0.2) is 0 Å². The number of hydrogen-bond donors (Lipinski definition) is 1. The first kappa shape index (κ1) is 20.3. The van der Waals surface area contributed by atoms with Crippen molar-refractivity contribution >= 4 is 18.7 Å². The zero-order valence-corrected chi connectivity index (χ0v) is 17.7. The summed E-state index contributed by atoms with van der Waals surface area (Å²) in [6.45, 7) is 8.18. The van der Waals surface area contributed by atoms with Gasteiger partial charge in [0.25, 0.3) is 8.32 Å². The van der Waals surface area contributed by atoms with E-state index >= 15 is 0 Å². The first-order valence-corrected chi connectivity index (χ1v) is 11.9. The van der Waals surface area contributed by atoms with Gasteiger partial charge in [0.1, 0.15) is 0 Å². The summed E-state index contributed by atoms with van der Waals surface area (Å²) in [5.41, 5.74) is 0. The zero-order valence-electron chi connectivity index (χ0n) is 16.7. The summed E-state index contributed by atoms with van der Waals surface area (Å²) in [4.78, 5) is 0. The Labute approximate surface area is 164 Å². The lowest BCUT2D eigenvalue weighted by atomic mass is 10.0. The van der Waals surface area contributed by atoms with Crippen LogP contribution in [0, 0.1) is 0 Å². The third-order valence-electron chi connectivity index (χ3n) is 5.54. The number of aliphatic hydroxyl groups excluding tert-OH is 1. The summed E-state index contributed by atoms with van der Waals surface area (Å²) >= 11 is 0. The number of ether oxygens (including phenoxy) is 1. The molecule has 1 heterocycles. The van der Waals surface area contributed by atoms with Crippen LogP contribution in [-0.4, -0.2) is 38.8 Å². The lowest BCUT2D eigenvalue weighted by Gasteiger charge is -2.43. The maximum Gasteiger partial charge on any atom is 0.261 e.